The quantitative estimate of drug-likeness (QED) is 0.449. The molecule has 2 atom stereocenters. The number of hydrogen-bond donors (Lipinski definition) is 3. The van der Waals surface area contributed by atoms with Crippen molar-refractivity contribution in [2.24, 2.45) is 0 Å². The van der Waals surface area contributed by atoms with Crippen LogP contribution in [-0.4, -0.2) is 67.3 Å². The number of anilines is 1. The van der Waals surface area contributed by atoms with E-state index in [2.05, 4.69) is 15.4 Å². The van der Waals surface area contributed by atoms with Gasteiger partial charge < -0.3 is 21.1 Å². The van der Waals surface area contributed by atoms with Crippen LogP contribution in [0.25, 0.3) is 16.8 Å². The van der Waals surface area contributed by atoms with Crippen molar-refractivity contribution in [2.75, 3.05) is 18.8 Å². The Hall–Kier alpha value is -3.81. The van der Waals surface area contributed by atoms with Crippen LogP contribution in [0.2, 0.25) is 0 Å². The minimum Gasteiger partial charge on any atom is -0.382 e. The minimum absolute atomic E-state index is 0.124. The van der Waals surface area contributed by atoms with E-state index in [1.165, 1.54) is 20.8 Å². The van der Waals surface area contributed by atoms with Crippen LogP contribution in [0.15, 0.2) is 24.5 Å². The van der Waals surface area contributed by atoms with Crippen molar-refractivity contribution in [1.82, 2.24) is 24.8 Å². The molecule has 0 aliphatic carbocycles. The summed E-state index contributed by atoms with van der Waals surface area (Å²) in [4.78, 5) is 30.0. The molecule has 3 aromatic rings. The van der Waals surface area contributed by atoms with Crippen LogP contribution < -0.4 is 11.1 Å². The molecular weight excluding hydrogens is 503 g/mol. The van der Waals surface area contributed by atoms with E-state index >= 15 is 4.39 Å². The summed E-state index contributed by atoms with van der Waals surface area (Å²) in [7, 11) is 0. The standard InChI is InChI=1S/C23H23F5N6O3/c1-10-4-14(24)12(17-6-13(23(26,27)28)18-19(29)30-9-31-34(17)18)5-11(10)20(35)32-16-8-33(7-15(16)25)21(36)22(2,3)37/h4-6,9,15-16,37H,7-8H2,1-3H3,(H,32,35)(H2,29,30,31)/t15-,16+/m0/s1. The van der Waals surface area contributed by atoms with Crippen LogP contribution >= 0.6 is 0 Å². The average Bonchev–Trinajstić information content (AvgIpc) is 3.34. The highest BCUT2D eigenvalue weighted by atomic mass is 19.4. The molecule has 1 aromatic carbocycles. The van der Waals surface area contributed by atoms with Crippen LogP contribution in [0, 0.1) is 12.7 Å². The Morgan fingerprint density at radius 1 is 1.19 bits per heavy atom. The maximum Gasteiger partial charge on any atom is 0.418 e. The Labute approximate surface area is 207 Å². The summed E-state index contributed by atoms with van der Waals surface area (Å²) >= 11 is 0. The van der Waals surface area contributed by atoms with E-state index in [0.29, 0.717) is 6.07 Å². The van der Waals surface area contributed by atoms with E-state index in [0.717, 1.165) is 27.9 Å². The molecule has 37 heavy (non-hydrogen) atoms. The first-order valence-electron chi connectivity index (χ1n) is 11.1. The number of carbonyl (C=O) groups is 2. The average molecular weight is 526 g/mol. The number of likely N-dealkylation sites (tertiary alicyclic amines) is 1. The number of hydrogen-bond acceptors (Lipinski definition) is 6. The number of nitrogens with two attached hydrogens (primary N) is 1. The summed E-state index contributed by atoms with van der Waals surface area (Å²) in [6, 6.07) is 1.55. The molecule has 0 radical (unpaired) electrons. The van der Waals surface area contributed by atoms with Gasteiger partial charge in [-0.05, 0) is 44.5 Å². The van der Waals surface area contributed by atoms with Gasteiger partial charge in [0.15, 0.2) is 5.82 Å². The van der Waals surface area contributed by atoms with E-state index < -0.39 is 58.5 Å². The Morgan fingerprint density at radius 3 is 2.49 bits per heavy atom. The van der Waals surface area contributed by atoms with Crippen LogP contribution in [0.5, 0.6) is 0 Å². The summed E-state index contributed by atoms with van der Waals surface area (Å²) in [5.74, 6) is -2.94. The van der Waals surface area contributed by atoms with Gasteiger partial charge in [-0.25, -0.2) is 18.3 Å². The first-order chi connectivity index (χ1) is 17.1. The van der Waals surface area contributed by atoms with E-state index in [1.54, 1.807) is 0 Å². The van der Waals surface area contributed by atoms with Crippen LogP contribution in [-0.2, 0) is 11.0 Å². The summed E-state index contributed by atoms with van der Waals surface area (Å²) in [6.07, 6.45) is -5.58. The van der Waals surface area contributed by atoms with Crippen molar-refractivity contribution in [3.8, 4) is 11.3 Å². The molecule has 2 amide bonds. The lowest BCUT2D eigenvalue weighted by Crippen LogP contribution is -2.46. The summed E-state index contributed by atoms with van der Waals surface area (Å²) in [5.41, 5.74) is 1.47. The highest BCUT2D eigenvalue weighted by molar-refractivity contribution is 5.97. The number of fused-ring (bicyclic) bond motifs is 1. The lowest BCUT2D eigenvalue weighted by molar-refractivity contribution is -0.146. The fourth-order valence-electron chi connectivity index (χ4n) is 4.29. The molecule has 198 valence electrons. The number of carbonyl (C=O) groups excluding carboxylic acids is 2. The molecule has 4 N–H and O–H groups in total. The number of alkyl halides is 4. The maximum atomic E-state index is 15.0. The highest BCUT2D eigenvalue weighted by Gasteiger charge is 2.41. The number of amides is 2. The molecule has 0 bridgehead atoms. The zero-order valence-electron chi connectivity index (χ0n) is 19.9. The van der Waals surface area contributed by atoms with Gasteiger partial charge in [0.1, 0.15) is 29.4 Å². The Bertz CT molecular complexity index is 1400. The van der Waals surface area contributed by atoms with Gasteiger partial charge in [-0.1, -0.05) is 0 Å². The van der Waals surface area contributed by atoms with Crippen LogP contribution in [0.1, 0.15) is 35.3 Å². The van der Waals surface area contributed by atoms with Crippen molar-refractivity contribution in [2.45, 2.75) is 44.8 Å². The van der Waals surface area contributed by atoms with E-state index in [9.17, 15) is 32.3 Å². The zero-order chi connectivity index (χ0) is 27.4. The summed E-state index contributed by atoms with van der Waals surface area (Å²) in [6.45, 7) is 3.36. The van der Waals surface area contributed by atoms with Gasteiger partial charge in [-0.15, -0.1) is 0 Å². The minimum atomic E-state index is -4.85. The van der Waals surface area contributed by atoms with E-state index in [4.69, 9.17) is 5.73 Å². The number of rotatable bonds is 4. The second-order valence-electron chi connectivity index (χ2n) is 9.36. The second-order valence-corrected chi connectivity index (χ2v) is 9.36. The van der Waals surface area contributed by atoms with Gasteiger partial charge in [-0.2, -0.15) is 18.3 Å². The fraction of sp³-hybridized carbons (Fsp3) is 0.391. The molecule has 2 aromatic heterocycles. The monoisotopic (exact) mass is 526 g/mol. The molecular formula is C23H23F5N6O3. The second kappa shape index (κ2) is 8.94. The first-order valence-corrected chi connectivity index (χ1v) is 11.1. The van der Waals surface area contributed by atoms with Crippen molar-refractivity contribution in [3.05, 3.63) is 47.0 Å². The lowest BCUT2D eigenvalue weighted by atomic mass is 10.0. The van der Waals surface area contributed by atoms with Crippen LogP contribution in [0.4, 0.5) is 27.8 Å². The number of halogens is 5. The maximum absolute atomic E-state index is 15.0. The molecule has 1 fully saturated rings. The molecule has 9 nitrogen and oxygen atoms in total. The number of nitrogen functional groups attached to an aromatic ring is 1. The summed E-state index contributed by atoms with van der Waals surface area (Å²) in [5, 5.41) is 16.1. The zero-order valence-corrected chi connectivity index (χ0v) is 19.9. The van der Waals surface area contributed by atoms with Gasteiger partial charge in [0, 0.05) is 17.7 Å². The van der Waals surface area contributed by atoms with Gasteiger partial charge in [-0.3, -0.25) is 9.59 Å². The molecule has 14 heteroatoms. The number of aryl methyl sites for hydroxylation is 1. The van der Waals surface area contributed by atoms with Crippen molar-refractivity contribution < 1.29 is 36.6 Å². The molecule has 1 aliphatic rings. The molecule has 1 aliphatic heterocycles. The molecule has 0 spiro atoms. The third-order valence-corrected chi connectivity index (χ3v) is 6.10. The summed E-state index contributed by atoms with van der Waals surface area (Å²) < 4.78 is 71.4. The molecule has 3 heterocycles. The number of aromatic nitrogens is 3. The normalized spacial score (nSPS) is 18.5. The smallest absolute Gasteiger partial charge is 0.382 e. The van der Waals surface area contributed by atoms with E-state index in [-0.39, 0.29) is 35.5 Å². The molecule has 1 saturated heterocycles. The predicted molar refractivity (Wildman–Crippen MR) is 122 cm³/mol. The molecule has 0 unspecified atom stereocenters. The molecule has 0 saturated carbocycles. The Morgan fingerprint density at radius 2 is 1.86 bits per heavy atom. The Kier molecular flexibility index (Phi) is 6.34. The van der Waals surface area contributed by atoms with Gasteiger partial charge >= 0.3 is 6.18 Å². The van der Waals surface area contributed by atoms with Crippen molar-refractivity contribution in [1.29, 1.82) is 0 Å². The van der Waals surface area contributed by atoms with Gasteiger partial charge in [0.2, 0.25) is 0 Å². The largest absolute Gasteiger partial charge is 0.418 e. The molecule has 4 rings (SSSR count). The number of benzene rings is 1. The van der Waals surface area contributed by atoms with Crippen LogP contribution in [0.3, 0.4) is 0 Å². The number of aliphatic hydroxyl groups is 1. The van der Waals surface area contributed by atoms with Gasteiger partial charge in [0.25, 0.3) is 11.8 Å². The topological polar surface area (TPSA) is 126 Å². The third-order valence-electron chi connectivity index (χ3n) is 6.10. The Balaban J connectivity index is 1.70. The predicted octanol–water partition coefficient (Wildman–Crippen LogP) is 2.49. The van der Waals surface area contributed by atoms with Gasteiger partial charge in [0.05, 0.1) is 23.8 Å². The highest BCUT2D eigenvalue weighted by Crippen LogP contribution is 2.39. The third kappa shape index (κ3) is 4.80. The fourth-order valence-corrected chi connectivity index (χ4v) is 4.29. The first kappa shape index (κ1) is 26.3. The number of nitrogens with zero attached hydrogens (tertiary/aromatic N) is 4. The SMILES string of the molecule is Cc1cc(F)c(-c2cc(C(F)(F)F)c3c(N)ncnn23)cc1C(=O)N[C@@H]1CN(C(=O)C(C)(C)O)C[C@@H]1F. The van der Waals surface area contributed by atoms with Crippen molar-refractivity contribution in [3.63, 3.8) is 0 Å². The van der Waals surface area contributed by atoms with E-state index in [1.807, 2.05) is 0 Å². The number of nitrogens with one attached hydrogen (secondary N) is 1. The lowest BCUT2D eigenvalue weighted by Gasteiger charge is -2.24. The van der Waals surface area contributed by atoms with Crippen molar-refractivity contribution >= 4 is 23.1 Å².